The molecule has 0 aliphatic carbocycles. The van der Waals surface area contributed by atoms with E-state index in [0.717, 1.165) is 44.0 Å². The first kappa shape index (κ1) is 13.8. The lowest BCUT2D eigenvalue weighted by molar-refractivity contribution is 0.0765. The van der Waals surface area contributed by atoms with Gasteiger partial charge in [0.25, 0.3) is 5.91 Å². The van der Waals surface area contributed by atoms with Crippen molar-refractivity contribution in [3.05, 3.63) is 47.8 Å². The Kier molecular flexibility index (Phi) is 4.01. The zero-order chi connectivity index (χ0) is 14.7. The van der Waals surface area contributed by atoms with Crippen LogP contribution in [-0.4, -0.2) is 46.8 Å². The summed E-state index contributed by atoms with van der Waals surface area (Å²) in [4.78, 5) is 14.6. The lowest BCUT2D eigenvalue weighted by atomic mass is 10.2. The summed E-state index contributed by atoms with van der Waals surface area (Å²) in [6.45, 7) is 5.35. The second-order valence-electron chi connectivity index (χ2n) is 5.29. The number of rotatable bonds is 2. The summed E-state index contributed by atoms with van der Waals surface area (Å²) >= 11 is 0. The second-order valence-corrected chi connectivity index (χ2v) is 5.29. The maximum atomic E-state index is 12.7. The maximum absolute atomic E-state index is 12.7. The predicted molar refractivity (Wildman–Crippen MR) is 81.7 cm³/mol. The minimum Gasteiger partial charge on any atom is -0.337 e. The van der Waals surface area contributed by atoms with E-state index in [2.05, 4.69) is 10.4 Å². The van der Waals surface area contributed by atoms with Gasteiger partial charge in [-0.1, -0.05) is 18.2 Å². The van der Waals surface area contributed by atoms with E-state index >= 15 is 0 Å². The van der Waals surface area contributed by atoms with Crippen LogP contribution in [-0.2, 0) is 0 Å². The number of nitrogens with one attached hydrogen (secondary N) is 1. The van der Waals surface area contributed by atoms with E-state index in [1.807, 2.05) is 46.8 Å². The van der Waals surface area contributed by atoms with Gasteiger partial charge in [0.1, 0.15) is 0 Å². The Labute approximate surface area is 124 Å². The van der Waals surface area contributed by atoms with Crippen molar-refractivity contribution in [1.29, 1.82) is 0 Å². The van der Waals surface area contributed by atoms with Crippen molar-refractivity contribution in [2.24, 2.45) is 0 Å². The van der Waals surface area contributed by atoms with Crippen molar-refractivity contribution in [2.75, 3.05) is 26.2 Å². The molecule has 0 spiro atoms. The summed E-state index contributed by atoms with van der Waals surface area (Å²) < 4.78 is 1.82. The van der Waals surface area contributed by atoms with Gasteiger partial charge < -0.3 is 10.2 Å². The third-order valence-corrected chi connectivity index (χ3v) is 3.87. The standard InChI is InChI=1S/C16H20N4O/c1-13-15(16(21)19-10-5-8-17-9-11-19)12-18-20(13)14-6-3-2-4-7-14/h2-4,6-7,12,17H,5,8-11H2,1H3. The third kappa shape index (κ3) is 2.83. The summed E-state index contributed by atoms with van der Waals surface area (Å²) in [5.41, 5.74) is 2.57. The Bertz CT molecular complexity index is 612. The Morgan fingerprint density at radius 3 is 2.81 bits per heavy atom. The fourth-order valence-electron chi connectivity index (χ4n) is 2.67. The van der Waals surface area contributed by atoms with E-state index in [1.54, 1.807) is 6.20 Å². The van der Waals surface area contributed by atoms with E-state index in [9.17, 15) is 4.79 Å². The number of amides is 1. The molecule has 0 atom stereocenters. The highest BCUT2D eigenvalue weighted by Gasteiger charge is 2.21. The van der Waals surface area contributed by atoms with E-state index in [4.69, 9.17) is 0 Å². The van der Waals surface area contributed by atoms with Crippen LogP contribution in [0.15, 0.2) is 36.5 Å². The normalized spacial score (nSPS) is 15.8. The molecular formula is C16H20N4O. The van der Waals surface area contributed by atoms with Crippen LogP contribution in [0.3, 0.4) is 0 Å². The zero-order valence-electron chi connectivity index (χ0n) is 12.2. The van der Waals surface area contributed by atoms with Crippen LogP contribution in [0.25, 0.3) is 5.69 Å². The molecule has 0 unspecified atom stereocenters. The number of hydrogen-bond donors (Lipinski definition) is 1. The second kappa shape index (κ2) is 6.10. The molecule has 1 N–H and O–H groups in total. The predicted octanol–water partition coefficient (Wildman–Crippen LogP) is 1.62. The quantitative estimate of drug-likeness (QED) is 0.911. The average Bonchev–Trinajstić information content (AvgIpc) is 2.74. The van der Waals surface area contributed by atoms with Gasteiger partial charge >= 0.3 is 0 Å². The number of hydrogen-bond acceptors (Lipinski definition) is 3. The molecule has 5 heteroatoms. The summed E-state index contributed by atoms with van der Waals surface area (Å²) in [5.74, 6) is 0.0818. The van der Waals surface area contributed by atoms with Crippen LogP contribution >= 0.6 is 0 Å². The minimum atomic E-state index is 0.0818. The third-order valence-electron chi connectivity index (χ3n) is 3.87. The molecule has 0 saturated carbocycles. The van der Waals surface area contributed by atoms with Gasteiger partial charge in [0, 0.05) is 19.6 Å². The molecule has 1 saturated heterocycles. The first-order chi connectivity index (χ1) is 10.3. The lowest BCUT2D eigenvalue weighted by Gasteiger charge is -2.19. The molecule has 2 aromatic rings. The molecule has 110 valence electrons. The molecule has 1 aromatic heterocycles. The molecule has 1 fully saturated rings. The molecule has 1 aliphatic heterocycles. The van der Waals surface area contributed by atoms with Crippen molar-refractivity contribution in [1.82, 2.24) is 20.0 Å². The number of carbonyl (C=O) groups is 1. The van der Waals surface area contributed by atoms with E-state index in [0.29, 0.717) is 5.56 Å². The summed E-state index contributed by atoms with van der Waals surface area (Å²) in [5, 5.41) is 7.69. The molecule has 21 heavy (non-hydrogen) atoms. The summed E-state index contributed by atoms with van der Waals surface area (Å²) in [6.07, 6.45) is 2.68. The molecule has 5 nitrogen and oxygen atoms in total. The van der Waals surface area contributed by atoms with Crippen LogP contribution in [0, 0.1) is 6.92 Å². The first-order valence-corrected chi connectivity index (χ1v) is 7.37. The van der Waals surface area contributed by atoms with Gasteiger partial charge in [-0.15, -0.1) is 0 Å². The molecule has 3 rings (SSSR count). The smallest absolute Gasteiger partial charge is 0.257 e. The maximum Gasteiger partial charge on any atom is 0.257 e. The van der Waals surface area contributed by atoms with Crippen LogP contribution in [0.1, 0.15) is 22.5 Å². The SMILES string of the molecule is Cc1c(C(=O)N2CCCNCC2)cnn1-c1ccccc1. The van der Waals surface area contributed by atoms with E-state index < -0.39 is 0 Å². The molecule has 0 bridgehead atoms. The summed E-state index contributed by atoms with van der Waals surface area (Å²) in [7, 11) is 0. The van der Waals surface area contributed by atoms with Crippen LogP contribution < -0.4 is 5.32 Å². The fraction of sp³-hybridized carbons (Fsp3) is 0.375. The molecular weight excluding hydrogens is 264 g/mol. The van der Waals surface area contributed by atoms with Gasteiger partial charge in [-0.3, -0.25) is 4.79 Å². The van der Waals surface area contributed by atoms with Gasteiger partial charge in [0.2, 0.25) is 0 Å². The van der Waals surface area contributed by atoms with Gasteiger partial charge in [0.15, 0.2) is 0 Å². The van der Waals surface area contributed by atoms with Gasteiger partial charge in [-0.25, -0.2) is 4.68 Å². The number of carbonyl (C=O) groups excluding carboxylic acids is 1. The highest BCUT2D eigenvalue weighted by Crippen LogP contribution is 2.16. The Morgan fingerprint density at radius 2 is 2.00 bits per heavy atom. The number of nitrogens with zero attached hydrogens (tertiary/aromatic N) is 3. The van der Waals surface area contributed by atoms with Gasteiger partial charge in [-0.05, 0) is 32.0 Å². The Hall–Kier alpha value is -2.14. The molecule has 1 aromatic carbocycles. The molecule has 1 aliphatic rings. The van der Waals surface area contributed by atoms with E-state index in [1.165, 1.54) is 0 Å². The van der Waals surface area contributed by atoms with Crippen LogP contribution in [0.2, 0.25) is 0 Å². The zero-order valence-corrected chi connectivity index (χ0v) is 12.2. The monoisotopic (exact) mass is 284 g/mol. The molecule has 0 radical (unpaired) electrons. The topological polar surface area (TPSA) is 50.2 Å². The van der Waals surface area contributed by atoms with Crippen molar-refractivity contribution in [3.8, 4) is 5.69 Å². The van der Waals surface area contributed by atoms with Gasteiger partial charge in [0.05, 0.1) is 23.1 Å². The first-order valence-electron chi connectivity index (χ1n) is 7.37. The van der Waals surface area contributed by atoms with E-state index in [-0.39, 0.29) is 5.91 Å². The Morgan fingerprint density at radius 1 is 1.19 bits per heavy atom. The average molecular weight is 284 g/mol. The highest BCUT2D eigenvalue weighted by molar-refractivity contribution is 5.95. The fourth-order valence-corrected chi connectivity index (χ4v) is 2.67. The van der Waals surface area contributed by atoms with Crippen molar-refractivity contribution >= 4 is 5.91 Å². The van der Waals surface area contributed by atoms with Crippen molar-refractivity contribution < 1.29 is 4.79 Å². The highest BCUT2D eigenvalue weighted by atomic mass is 16.2. The number of aromatic nitrogens is 2. The van der Waals surface area contributed by atoms with Crippen molar-refractivity contribution in [3.63, 3.8) is 0 Å². The van der Waals surface area contributed by atoms with Crippen molar-refractivity contribution in [2.45, 2.75) is 13.3 Å². The Balaban J connectivity index is 1.86. The lowest BCUT2D eigenvalue weighted by Crippen LogP contribution is -2.34. The minimum absolute atomic E-state index is 0.0818. The molecule has 1 amide bonds. The summed E-state index contributed by atoms with van der Waals surface area (Å²) in [6, 6.07) is 9.89. The van der Waals surface area contributed by atoms with Crippen LogP contribution in [0.5, 0.6) is 0 Å². The number of benzene rings is 1. The van der Waals surface area contributed by atoms with Gasteiger partial charge in [-0.2, -0.15) is 5.10 Å². The number of para-hydroxylation sites is 1. The van der Waals surface area contributed by atoms with Crippen LogP contribution in [0.4, 0.5) is 0 Å². The molecule has 2 heterocycles. The largest absolute Gasteiger partial charge is 0.337 e.